The lowest BCUT2D eigenvalue weighted by Gasteiger charge is -2.20. The van der Waals surface area contributed by atoms with Gasteiger partial charge in [-0.1, -0.05) is 35.3 Å². The Balaban J connectivity index is 2.89. The van der Waals surface area contributed by atoms with Crippen LogP contribution in [0, 0.1) is 0 Å². The van der Waals surface area contributed by atoms with Crippen molar-refractivity contribution in [3.05, 3.63) is 33.8 Å². The standard InChI is InChI=1S/C10H14Cl2N2/c1-7(13-14(2)3)8-5-4-6-9(11)10(8)12/h4-7,13H,1-3H3. The van der Waals surface area contributed by atoms with Gasteiger partial charge in [0.1, 0.15) is 0 Å². The third kappa shape index (κ3) is 2.85. The van der Waals surface area contributed by atoms with Crippen molar-refractivity contribution >= 4 is 23.2 Å². The lowest BCUT2D eigenvalue weighted by molar-refractivity contribution is 0.252. The summed E-state index contributed by atoms with van der Waals surface area (Å²) < 4.78 is 0. The van der Waals surface area contributed by atoms with E-state index in [2.05, 4.69) is 5.43 Å². The molecular formula is C10H14Cl2N2. The number of nitrogens with zero attached hydrogens (tertiary/aromatic N) is 1. The van der Waals surface area contributed by atoms with Gasteiger partial charge in [0, 0.05) is 20.1 Å². The summed E-state index contributed by atoms with van der Waals surface area (Å²) >= 11 is 12.0. The third-order valence-electron chi connectivity index (χ3n) is 1.90. The normalized spacial score (nSPS) is 13.3. The van der Waals surface area contributed by atoms with E-state index in [1.165, 1.54) is 0 Å². The van der Waals surface area contributed by atoms with Gasteiger partial charge in [0.25, 0.3) is 0 Å². The summed E-state index contributed by atoms with van der Waals surface area (Å²) in [5, 5.41) is 3.11. The van der Waals surface area contributed by atoms with Crippen molar-refractivity contribution in [1.29, 1.82) is 0 Å². The minimum atomic E-state index is 0.149. The van der Waals surface area contributed by atoms with Crippen LogP contribution in [-0.4, -0.2) is 19.1 Å². The van der Waals surface area contributed by atoms with Gasteiger partial charge in [-0.3, -0.25) is 5.01 Å². The molecule has 0 aliphatic heterocycles. The Morgan fingerprint density at radius 3 is 2.50 bits per heavy atom. The second kappa shape index (κ2) is 4.99. The highest BCUT2D eigenvalue weighted by Crippen LogP contribution is 2.29. The van der Waals surface area contributed by atoms with Crippen molar-refractivity contribution in [2.24, 2.45) is 0 Å². The van der Waals surface area contributed by atoms with Gasteiger partial charge in [-0.2, -0.15) is 0 Å². The smallest absolute Gasteiger partial charge is 0.0640 e. The average molecular weight is 233 g/mol. The van der Waals surface area contributed by atoms with Crippen LogP contribution in [0.5, 0.6) is 0 Å². The first-order valence-corrected chi connectivity index (χ1v) is 5.15. The summed E-state index contributed by atoms with van der Waals surface area (Å²) in [5.41, 5.74) is 4.22. The van der Waals surface area contributed by atoms with Crippen LogP contribution in [0.1, 0.15) is 18.5 Å². The van der Waals surface area contributed by atoms with Gasteiger partial charge in [-0.25, -0.2) is 5.43 Å². The molecule has 0 aliphatic rings. The second-order valence-corrected chi connectivity index (χ2v) is 4.17. The van der Waals surface area contributed by atoms with Crippen LogP contribution in [0.25, 0.3) is 0 Å². The van der Waals surface area contributed by atoms with E-state index in [-0.39, 0.29) is 6.04 Å². The monoisotopic (exact) mass is 232 g/mol. The molecule has 0 fully saturated rings. The molecule has 0 saturated carbocycles. The molecule has 2 nitrogen and oxygen atoms in total. The van der Waals surface area contributed by atoms with Crippen molar-refractivity contribution in [2.45, 2.75) is 13.0 Å². The molecule has 1 rings (SSSR count). The maximum atomic E-state index is 6.08. The van der Waals surface area contributed by atoms with E-state index in [1.54, 1.807) is 6.07 Å². The molecule has 1 aromatic carbocycles. The van der Waals surface area contributed by atoms with Crippen molar-refractivity contribution in [3.63, 3.8) is 0 Å². The molecule has 1 atom stereocenters. The van der Waals surface area contributed by atoms with Gasteiger partial charge in [-0.15, -0.1) is 0 Å². The van der Waals surface area contributed by atoms with Crippen LogP contribution >= 0.6 is 23.2 Å². The molecule has 1 N–H and O–H groups in total. The summed E-state index contributed by atoms with van der Waals surface area (Å²) in [4.78, 5) is 0. The van der Waals surface area contributed by atoms with Crippen LogP contribution in [0.2, 0.25) is 10.0 Å². The molecule has 0 amide bonds. The fraction of sp³-hybridized carbons (Fsp3) is 0.400. The molecule has 0 radical (unpaired) electrons. The second-order valence-electron chi connectivity index (χ2n) is 3.39. The fourth-order valence-corrected chi connectivity index (χ4v) is 1.78. The first-order chi connectivity index (χ1) is 6.52. The van der Waals surface area contributed by atoms with Gasteiger partial charge in [0.2, 0.25) is 0 Å². The Kier molecular flexibility index (Phi) is 4.20. The maximum Gasteiger partial charge on any atom is 0.0640 e. The predicted octanol–water partition coefficient (Wildman–Crippen LogP) is 3.12. The molecule has 0 aliphatic carbocycles. The molecule has 14 heavy (non-hydrogen) atoms. The van der Waals surface area contributed by atoms with Crippen LogP contribution in [-0.2, 0) is 0 Å². The van der Waals surface area contributed by atoms with E-state index in [4.69, 9.17) is 23.2 Å². The van der Waals surface area contributed by atoms with Gasteiger partial charge >= 0.3 is 0 Å². The molecule has 1 unspecified atom stereocenters. The van der Waals surface area contributed by atoms with E-state index in [0.29, 0.717) is 10.0 Å². The third-order valence-corrected chi connectivity index (χ3v) is 2.73. The zero-order chi connectivity index (χ0) is 10.7. The highest BCUT2D eigenvalue weighted by Gasteiger charge is 2.11. The predicted molar refractivity (Wildman–Crippen MR) is 61.7 cm³/mol. The minimum absolute atomic E-state index is 0.149. The summed E-state index contributed by atoms with van der Waals surface area (Å²) in [6.45, 7) is 2.04. The zero-order valence-corrected chi connectivity index (χ0v) is 10.0. The quantitative estimate of drug-likeness (QED) is 0.807. The van der Waals surface area contributed by atoms with Crippen LogP contribution in [0.15, 0.2) is 18.2 Å². The number of hydrogen-bond acceptors (Lipinski definition) is 2. The van der Waals surface area contributed by atoms with Crippen molar-refractivity contribution in [1.82, 2.24) is 10.4 Å². The van der Waals surface area contributed by atoms with E-state index < -0.39 is 0 Å². The molecule has 0 heterocycles. The summed E-state index contributed by atoms with van der Waals surface area (Å²) in [6, 6.07) is 5.80. The van der Waals surface area contributed by atoms with Crippen LogP contribution in [0.4, 0.5) is 0 Å². The highest BCUT2D eigenvalue weighted by molar-refractivity contribution is 6.42. The van der Waals surface area contributed by atoms with Crippen molar-refractivity contribution in [3.8, 4) is 0 Å². The van der Waals surface area contributed by atoms with Gasteiger partial charge in [-0.05, 0) is 18.6 Å². The largest absolute Gasteiger partial charge is 0.250 e. The zero-order valence-electron chi connectivity index (χ0n) is 8.51. The molecule has 1 aromatic rings. The lowest BCUT2D eigenvalue weighted by Crippen LogP contribution is -2.32. The highest BCUT2D eigenvalue weighted by atomic mass is 35.5. The lowest BCUT2D eigenvalue weighted by atomic mass is 10.1. The number of benzene rings is 1. The molecular weight excluding hydrogens is 219 g/mol. The molecule has 0 saturated heterocycles. The van der Waals surface area contributed by atoms with Crippen molar-refractivity contribution < 1.29 is 0 Å². The fourth-order valence-electron chi connectivity index (χ4n) is 1.31. The Bertz CT molecular complexity index is 313. The van der Waals surface area contributed by atoms with E-state index >= 15 is 0 Å². The summed E-state index contributed by atoms with van der Waals surface area (Å²) in [6.07, 6.45) is 0. The Hall–Kier alpha value is -0.280. The molecule has 0 bridgehead atoms. The number of nitrogens with one attached hydrogen (secondary N) is 1. The Labute approximate surface area is 94.8 Å². The number of halogens is 2. The van der Waals surface area contributed by atoms with E-state index in [9.17, 15) is 0 Å². The molecule has 0 aromatic heterocycles. The summed E-state index contributed by atoms with van der Waals surface area (Å²) in [5.74, 6) is 0. The van der Waals surface area contributed by atoms with Gasteiger partial charge in [0.05, 0.1) is 10.0 Å². The molecule has 4 heteroatoms. The van der Waals surface area contributed by atoms with E-state index in [0.717, 1.165) is 5.56 Å². The Morgan fingerprint density at radius 1 is 1.29 bits per heavy atom. The van der Waals surface area contributed by atoms with Gasteiger partial charge < -0.3 is 0 Å². The van der Waals surface area contributed by atoms with E-state index in [1.807, 2.05) is 38.2 Å². The first kappa shape index (κ1) is 11.8. The van der Waals surface area contributed by atoms with Crippen LogP contribution in [0.3, 0.4) is 0 Å². The minimum Gasteiger partial charge on any atom is -0.250 e. The first-order valence-electron chi connectivity index (χ1n) is 4.39. The maximum absolute atomic E-state index is 6.08. The van der Waals surface area contributed by atoms with Crippen LogP contribution < -0.4 is 5.43 Å². The van der Waals surface area contributed by atoms with Gasteiger partial charge in [0.15, 0.2) is 0 Å². The molecule has 0 spiro atoms. The number of hydrazine groups is 1. The SMILES string of the molecule is CC(NN(C)C)c1cccc(Cl)c1Cl. The van der Waals surface area contributed by atoms with Crippen molar-refractivity contribution in [2.75, 3.05) is 14.1 Å². The topological polar surface area (TPSA) is 15.3 Å². The average Bonchev–Trinajstić information content (AvgIpc) is 2.08. The molecule has 78 valence electrons. The number of hydrogen-bond donors (Lipinski definition) is 1. The number of rotatable bonds is 3. The Morgan fingerprint density at radius 2 is 1.93 bits per heavy atom. The summed E-state index contributed by atoms with van der Waals surface area (Å²) in [7, 11) is 3.88.